The van der Waals surface area contributed by atoms with Crippen molar-refractivity contribution in [3.8, 4) is 0 Å². The lowest BCUT2D eigenvalue weighted by atomic mass is 9.87. The summed E-state index contributed by atoms with van der Waals surface area (Å²) in [4.78, 5) is 23.6. The van der Waals surface area contributed by atoms with Gasteiger partial charge < -0.3 is 10.1 Å². The Morgan fingerprint density at radius 2 is 2.20 bits per heavy atom. The molecule has 1 amide bonds. The van der Waals surface area contributed by atoms with Gasteiger partial charge in [-0.15, -0.1) is 0 Å². The third-order valence-electron chi connectivity index (χ3n) is 2.35. The van der Waals surface area contributed by atoms with Crippen molar-refractivity contribution in [2.24, 2.45) is 5.41 Å². The number of aromatic nitrogens is 2. The maximum absolute atomic E-state index is 11.9. The van der Waals surface area contributed by atoms with Crippen LogP contribution >= 0.6 is 35.3 Å². The van der Waals surface area contributed by atoms with Crippen molar-refractivity contribution in [2.75, 3.05) is 12.9 Å². The van der Waals surface area contributed by atoms with Gasteiger partial charge in [0.2, 0.25) is 5.91 Å². The highest BCUT2D eigenvalue weighted by Crippen LogP contribution is 2.22. The number of nitrogens with one attached hydrogen (secondary N) is 2. The monoisotopic (exact) mass is 335 g/mol. The fourth-order valence-corrected chi connectivity index (χ4v) is 3.25. The number of esters is 1. The Morgan fingerprint density at radius 1 is 1.55 bits per heavy atom. The second-order valence-electron chi connectivity index (χ2n) is 5.06. The SMILES string of the molecule is COC(=O)[C@@H](NC(=O)CSc1n[nH]c(=S)s1)C(C)(C)C. The molecule has 0 aromatic carbocycles. The molecular weight excluding hydrogens is 318 g/mol. The summed E-state index contributed by atoms with van der Waals surface area (Å²) < 4.78 is 5.97. The second kappa shape index (κ2) is 7.19. The number of carbonyl (C=O) groups excluding carboxylic acids is 2. The fraction of sp³-hybridized carbons (Fsp3) is 0.636. The van der Waals surface area contributed by atoms with Crippen LogP contribution in [0.1, 0.15) is 20.8 Å². The van der Waals surface area contributed by atoms with Crippen LogP contribution in [0.4, 0.5) is 0 Å². The summed E-state index contributed by atoms with van der Waals surface area (Å²) in [6, 6.07) is -0.682. The molecule has 2 N–H and O–H groups in total. The molecule has 20 heavy (non-hydrogen) atoms. The van der Waals surface area contributed by atoms with E-state index in [9.17, 15) is 9.59 Å². The van der Waals surface area contributed by atoms with Crippen LogP contribution in [0, 0.1) is 9.37 Å². The normalized spacial score (nSPS) is 12.8. The van der Waals surface area contributed by atoms with Crippen molar-refractivity contribution in [1.82, 2.24) is 15.5 Å². The van der Waals surface area contributed by atoms with Gasteiger partial charge in [-0.1, -0.05) is 43.9 Å². The molecule has 0 bridgehead atoms. The molecule has 1 heterocycles. The van der Waals surface area contributed by atoms with E-state index in [1.807, 2.05) is 20.8 Å². The van der Waals surface area contributed by atoms with Crippen LogP contribution in [-0.2, 0) is 14.3 Å². The van der Waals surface area contributed by atoms with Crippen molar-refractivity contribution in [3.63, 3.8) is 0 Å². The van der Waals surface area contributed by atoms with Gasteiger partial charge in [-0.3, -0.25) is 9.89 Å². The predicted octanol–water partition coefficient (Wildman–Crippen LogP) is 2.00. The number of hydrogen-bond acceptors (Lipinski definition) is 7. The largest absolute Gasteiger partial charge is 0.467 e. The highest BCUT2D eigenvalue weighted by molar-refractivity contribution is 8.01. The van der Waals surface area contributed by atoms with Crippen LogP contribution in [0.5, 0.6) is 0 Å². The Morgan fingerprint density at radius 3 is 2.65 bits per heavy atom. The van der Waals surface area contributed by atoms with Gasteiger partial charge in [-0.05, 0) is 17.6 Å². The van der Waals surface area contributed by atoms with Crippen LogP contribution in [0.2, 0.25) is 0 Å². The van der Waals surface area contributed by atoms with Gasteiger partial charge in [0.1, 0.15) is 6.04 Å². The number of amides is 1. The molecule has 0 fully saturated rings. The lowest BCUT2D eigenvalue weighted by Gasteiger charge is -2.28. The van der Waals surface area contributed by atoms with E-state index < -0.39 is 17.4 Å². The first-order chi connectivity index (χ1) is 9.24. The van der Waals surface area contributed by atoms with Crippen LogP contribution in [0.15, 0.2) is 4.34 Å². The van der Waals surface area contributed by atoms with Crippen LogP contribution in [0.25, 0.3) is 0 Å². The highest BCUT2D eigenvalue weighted by atomic mass is 32.2. The van der Waals surface area contributed by atoms with E-state index in [4.69, 9.17) is 17.0 Å². The summed E-state index contributed by atoms with van der Waals surface area (Å²) in [5.41, 5.74) is -0.420. The van der Waals surface area contributed by atoms with Crippen molar-refractivity contribution >= 4 is 47.2 Å². The number of methoxy groups -OCH3 is 1. The number of ether oxygens (including phenoxy) is 1. The van der Waals surface area contributed by atoms with E-state index in [2.05, 4.69) is 15.5 Å². The molecule has 1 aromatic heterocycles. The minimum atomic E-state index is -0.682. The molecule has 0 spiro atoms. The van der Waals surface area contributed by atoms with Crippen LogP contribution in [-0.4, -0.2) is 41.0 Å². The lowest BCUT2D eigenvalue weighted by molar-refractivity contribution is -0.147. The molecule has 0 aliphatic carbocycles. The molecule has 0 unspecified atom stereocenters. The number of nitrogens with zero attached hydrogens (tertiary/aromatic N) is 1. The van der Waals surface area contributed by atoms with Crippen molar-refractivity contribution in [3.05, 3.63) is 3.95 Å². The van der Waals surface area contributed by atoms with E-state index in [0.717, 1.165) is 0 Å². The zero-order valence-corrected chi connectivity index (χ0v) is 14.1. The molecule has 0 aliphatic heterocycles. The topological polar surface area (TPSA) is 84.1 Å². The Bertz CT molecular complexity index is 533. The summed E-state index contributed by atoms with van der Waals surface area (Å²) >= 11 is 7.48. The van der Waals surface area contributed by atoms with Crippen LogP contribution in [0.3, 0.4) is 0 Å². The van der Waals surface area contributed by atoms with Gasteiger partial charge in [0.05, 0.1) is 12.9 Å². The third-order valence-corrected chi connectivity index (χ3v) is 4.59. The van der Waals surface area contributed by atoms with Gasteiger partial charge in [-0.25, -0.2) is 4.79 Å². The number of thioether (sulfide) groups is 1. The molecule has 1 aromatic rings. The second-order valence-corrected chi connectivity index (χ2v) is 7.95. The zero-order chi connectivity index (χ0) is 15.3. The molecular formula is C11H17N3O3S3. The summed E-state index contributed by atoms with van der Waals surface area (Å²) in [6.45, 7) is 5.59. The Hall–Kier alpha value is -0.930. The molecule has 0 aliphatic rings. The van der Waals surface area contributed by atoms with Crippen molar-refractivity contribution < 1.29 is 14.3 Å². The quantitative estimate of drug-likeness (QED) is 0.486. The molecule has 6 nitrogen and oxygen atoms in total. The van der Waals surface area contributed by atoms with E-state index in [1.165, 1.54) is 30.2 Å². The Balaban J connectivity index is 2.58. The molecule has 1 rings (SSSR count). The van der Waals surface area contributed by atoms with Gasteiger partial charge in [0.15, 0.2) is 8.29 Å². The highest BCUT2D eigenvalue weighted by Gasteiger charge is 2.33. The maximum atomic E-state index is 11.9. The van der Waals surface area contributed by atoms with Gasteiger partial charge in [0, 0.05) is 0 Å². The number of rotatable bonds is 5. The molecule has 0 saturated carbocycles. The van der Waals surface area contributed by atoms with Gasteiger partial charge in [0.25, 0.3) is 0 Å². The summed E-state index contributed by atoms with van der Waals surface area (Å²) in [5.74, 6) is -0.535. The average molecular weight is 335 g/mol. The summed E-state index contributed by atoms with van der Waals surface area (Å²) in [6.07, 6.45) is 0. The molecule has 112 valence electrons. The van der Waals surface area contributed by atoms with Crippen molar-refractivity contribution in [1.29, 1.82) is 0 Å². The van der Waals surface area contributed by atoms with E-state index in [1.54, 1.807) is 0 Å². The first-order valence-corrected chi connectivity index (χ1v) is 8.00. The Kier molecular flexibility index (Phi) is 6.15. The number of aromatic amines is 1. The Labute approximate surface area is 130 Å². The van der Waals surface area contributed by atoms with Crippen molar-refractivity contribution in [2.45, 2.75) is 31.2 Å². The third kappa shape index (κ3) is 5.22. The first-order valence-electron chi connectivity index (χ1n) is 5.79. The van der Waals surface area contributed by atoms with E-state index in [0.29, 0.717) is 8.29 Å². The molecule has 0 radical (unpaired) electrons. The lowest BCUT2D eigenvalue weighted by Crippen LogP contribution is -2.50. The number of carbonyl (C=O) groups is 2. The smallest absolute Gasteiger partial charge is 0.328 e. The molecule has 1 atom stereocenters. The fourth-order valence-electron chi connectivity index (χ4n) is 1.35. The number of H-pyrrole nitrogens is 1. The van der Waals surface area contributed by atoms with Crippen LogP contribution < -0.4 is 5.32 Å². The van der Waals surface area contributed by atoms with E-state index >= 15 is 0 Å². The zero-order valence-electron chi connectivity index (χ0n) is 11.7. The first kappa shape index (κ1) is 17.1. The number of hydrogen-bond donors (Lipinski definition) is 2. The van der Waals surface area contributed by atoms with Gasteiger partial charge in [-0.2, -0.15) is 5.10 Å². The summed E-state index contributed by atoms with van der Waals surface area (Å²) in [7, 11) is 1.30. The predicted molar refractivity (Wildman–Crippen MR) is 81.4 cm³/mol. The van der Waals surface area contributed by atoms with E-state index in [-0.39, 0.29) is 11.7 Å². The average Bonchev–Trinajstić information content (AvgIpc) is 2.77. The maximum Gasteiger partial charge on any atom is 0.328 e. The van der Waals surface area contributed by atoms with Gasteiger partial charge >= 0.3 is 5.97 Å². The molecule has 0 saturated heterocycles. The molecule has 9 heteroatoms. The standard InChI is InChI=1S/C11H17N3O3S3/c1-11(2,3)7(8(16)17-4)12-6(15)5-19-10-14-13-9(18)20-10/h7H,5H2,1-4H3,(H,12,15)(H,13,18)/t7-/m1/s1. The minimum absolute atomic E-state index is 0.166. The summed E-state index contributed by atoms with van der Waals surface area (Å²) in [5, 5.41) is 9.28. The minimum Gasteiger partial charge on any atom is -0.467 e.